The molecule has 2 aliphatic rings. The van der Waals surface area contributed by atoms with Crippen molar-refractivity contribution in [3.8, 4) is 0 Å². The van der Waals surface area contributed by atoms with Gasteiger partial charge in [-0.2, -0.15) is 0 Å². The topological polar surface area (TPSA) is 20.2 Å². The van der Waals surface area contributed by atoms with Gasteiger partial charge in [-0.1, -0.05) is 44.9 Å². The van der Waals surface area contributed by atoms with Gasteiger partial charge in [0.2, 0.25) is 0 Å². The number of hydrogen-bond acceptors (Lipinski definition) is 1. The zero-order valence-electron chi connectivity index (χ0n) is 9.25. The van der Waals surface area contributed by atoms with Crippen LogP contribution in [-0.2, 0) is 0 Å². The molecule has 2 atom stereocenters. The van der Waals surface area contributed by atoms with Crippen molar-refractivity contribution in [1.29, 1.82) is 0 Å². The molecule has 0 unspecified atom stereocenters. The van der Waals surface area contributed by atoms with Crippen LogP contribution >= 0.6 is 0 Å². The Hall–Kier alpha value is -0.0400. The van der Waals surface area contributed by atoms with Crippen LogP contribution < -0.4 is 0 Å². The molecule has 0 aromatic rings. The quantitative estimate of drug-likeness (QED) is 0.734. The minimum Gasteiger partial charge on any atom is -0.396 e. The van der Waals surface area contributed by atoms with E-state index >= 15 is 0 Å². The van der Waals surface area contributed by atoms with Gasteiger partial charge >= 0.3 is 0 Å². The Labute approximate surface area is 87.9 Å². The molecule has 0 saturated heterocycles. The lowest BCUT2D eigenvalue weighted by atomic mass is 9.71. The summed E-state index contributed by atoms with van der Waals surface area (Å²) in [6, 6.07) is 0. The smallest absolute Gasteiger partial charge is 0.0433 e. The third kappa shape index (κ3) is 2.31. The fraction of sp³-hybridized carbons (Fsp3) is 1.00. The summed E-state index contributed by atoms with van der Waals surface area (Å²) < 4.78 is 0. The first-order chi connectivity index (χ1) is 6.92. The van der Waals surface area contributed by atoms with Gasteiger partial charge in [-0.3, -0.25) is 0 Å². The predicted molar refractivity (Wildman–Crippen MR) is 59.1 cm³/mol. The van der Waals surface area contributed by atoms with Gasteiger partial charge in [-0.25, -0.2) is 0 Å². The Balaban J connectivity index is 1.91. The number of hydrogen-bond donors (Lipinski definition) is 1. The van der Waals surface area contributed by atoms with E-state index in [0.29, 0.717) is 6.61 Å². The number of aliphatic hydroxyl groups is 1. The van der Waals surface area contributed by atoms with Gasteiger partial charge in [0.1, 0.15) is 0 Å². The molecule has 0 bridgehead atoms. The standard InChI is InChI=1S/C13H24O/c14-10-9-12-7-3-4-8-13(12)11-5-1-2-6-11/h11-14H,1-10H2/t12-,13-/m1/s1. The molecule has 1 heteroatoms. The Kier molecular flexibility index (Phi) is 3.86. The van der Waals surface area contributed by atoms with Crippen LogP contribution in [0.15, 0.2) is 0 Å². The van der Waals surface area contributed by atoms with Crippen LogP contribution in [0, 0.1) is 17.8 Å². The largest absolute Gasteiger partial charge is 0.396 e. The monoisotopic (exact) mass is 196 g/mol. The second kappa shape index (κ2) is 5.16. The van der Waals surface area contributed by atoms with E-state index in [1.54, 1.807) is 0 Å². The van der Waals surface area contributed by atoms with Crippen molar-refractivity contribution in [2.24, 2.45) is 17.8 Å². The lowest BCUT2D eigenvalue weighted by Gasteiger charge is -2.35. The minimum atomic E-state index is 0.411. The van der Waals surface area contributed by atoms with Gasteiger partial charge in [0.25, 0.3) is 0 Å². The Morgan fingerprint density at radius 1 is 0.857 bits per heavy atom. The summed E-state index contributed by atoms with van der Waals surface area (Å²) in [5.74, 6) is 2.85. The van der Waals surface area contributed by atoms with Crippen molar-refractivity contribution in [2.45, 2.75) is 57.8 Å². The highest BCUT2D eigenvalue weighted by Gasteiger charge is 2.32. The third-order valence-corrected chi connectivity index (χ3v) is 4.47. The molecule has 1 N–H and O–H groups in total. The predicted octanol–water partition coefficient (Wildman–Crippen LogP) is 3.37. The van der Waals surface area contributed by atoms with Crippen molar-refractivity contribution in [1.82, 2.24) is 0 Å². The van der Waals surface area contributed by atoms with E-state index in [0.717, 1.165) is 24.2 Å². The van der Waals surface area contributed by atoms with Crippen LogP contribution in [0.4, 0.5) is 0 Å². The van der Waals surface area contributed by atoms with E-state index in [1.165, 1.54) is 51.4 Å². The lowest BCUT2D eigenvalue weighted by Crippen LogP contribution is -2.26. The van der Waals surface area contributed by atoms with Gasteiger partial charge < -0.3 is 5.11 Å². The maximum absolute atomic E-state index is 9.08. The Morgan fingerprint density at radius 2 is 1.50 bits per heavy atom. The zero-order valence-corrected chi connectivity index (χ0v) is 9.25. The molecular formula is C13H24O. The first-order valence-corrected chi connectivity index (χ1v) is 6.52. The van der Waals surface area contributed by atoms with E-state index < -0.39 is 0 Å². The van der Waals surface area contributed by atoms with Crippen molar-refractivity contribution >= 4 is 0 Å². The van der Waals surface area contributed by atoms with E-state index in [2.05, 4.69) is 0 Å². The Morgan fingerprint density at radius 3 is 2.21 bits per heavy atom. The fourth-order valence-electron chi connectivity index (χ4n) is 3.77. The van der Waals surface area contributed by atoms with Crippen LogP contribution in [0.5, 0.6) is 0 Å². The highest BCUT2D eigenvalue weighted by Crippen LogP contribution is 2.43. The maximum atomic E-state index is 9.08. The molecule has 0 aromatic heterocycles. The molecule has 2 saturated carbocycles. The summed E-state index contributed by atoms with van der Waals surface area (Å²) in [6.45, 7) is 0.411. The highest BCUT2D eigenvalue weighted by molar-refractivity contribution is 4.83. The number of rotatable bonds is 3. The van der Waals surface area contributed by atoms with E-state index in [4.69, 9.17) is 5.11 Å². The second-order valence-electron chi connectivity index (χ2n) is 5.27. The third-order valence-electron chi connectivity index (χ3n) is 4.47. The van der Waals surface area contributed by atoms with Gasteiger partial charge in [0, 0.05) is 6.61 Å². The zero-order chi connectivity index (χ0) is 9.80. The molecule has 14 heavy (non-hydrogen) atoms. The second-order valence-corrected chi connectivity index (χ2v) is 5.27. The van der Waals surface area contributed by atoms with Crippen molar-refractivity contribution < 1.29 is 5.11 Å². The van der Waals surface area contributed by atoms with Crippen LogP contribution in [-0.4, -0.2) is 11.7 Å². The van der Waals surface area contributed by atoms with Crippen LogP contribution in [0.25, 0.3) is 0 Å². The molecule has 0 aliphatic heterocycles. The fourth-order valence-corrected chi connectivity index (χ4v) is 3.77. The normalized spacial score (nSPS) is 34.9. The molecule has 0 heterocycles. The molecule has 0 radical (unpaired) electrons. The lowest BCUT2D eigenvalue weighted by molar-refractivity contribution is 0.129. The van der Waals surface area contributed by atoms with Crippen molar-refractivity contribution in [3.05, 3.63) is 0 Å². The molecule has 0 spiro atoms. The summed E-state index contributed by atoms with van der Waals surface area (Å²) >= 11 is 0. The van der Waals surface area contributed by atoms with Crippen LogP contribution in [0.3, 0.4) is 0 Å². The van der Waals surface area contributed by atoms with Crippen molar-refractivity contribution in [2.75, 3.05) is 6.61 Å². The van der Waals surface area contributed by atoms with Gasteiger partial charge in [-0.05, 0) is 30.6 Å². The van der Waals surface area contributed by atoms with E-state index in [1.807, 2.05) is 0 Å². The molecular weight excluding hydrogens is 172 g/mol. The van der Waals surface area contributed by atoms with Gasteiger partial charge in [0.15, 0.2) is 0 Å². The average molecular weight is 196 g/mol. The summed E-state index contributed by atoms with van der Waals surface area (Å²) in [5, 5.41) is 9.08. The van der Waals surface area contributed by atoms with Crippen LogP contribution in [0.1, 0.15) is 57.8 Å². The summed E-state index contributed by atoms with van der Waals surface area (Å²) in [7, 11) is 0. The Bertz CT molecular complexity index is 159. The molecule has 1 nitrogen and oxygen atoms in total. The average Bonchev–Trinajstić information content (AvgIpc) is 2.72. The molecule has 2 fully saturated rings. The molecule has 2 aliphatic carbocycles. The number of aliphatic hydroxyl groups excluding tert-OH is 1. The first-order valence-electron chi connectivity index (χ1n) is 6.52. The molecule has 2 rings (SSSR count). The van der Waals surface area contributed by atoms with E-state index in [-0.39, 0.29) is 0 Å². The first kappa shape index (κ1) is 10.5. The highest BCUT2D eigenvalue weighted by atomic mass is 16.3. The summed E-state index contributed by atoms with van der Waals surface area (Å²) in [5.41, 5.74) is 0. The van der Waals surface area contributed by atoms with Gasteiger partial charge in [-0.15, -0.1) is 0 Å². The summed E-state index contributed by atoms with van der Waals surface area (Å²) in [4.78, 5) is 0. The van der Waals surface area contributed by atoms with Gasteiger partial charge in [0.05, 0.1) is 0 Å². The van der Waals surface area contributed by atoms with Crippen LogP contribution in [0.2, 0.25) is 0 Å². The summed E-state index contributed by atoms with van der Waals surface area (Å²) in [6.07, 6.45) is 12.7. The maximum Gasteiger partial charge on any atom is 0.0433 e. The molecule has 0 aromatic carbocycles. The molecule has 82 valence electrons. The minimum absolute atomic E-state index is 0.411. The SMILES string of the molecule is OCC[C@H]1CCCC[C@@H]1C1CCCC1. The molecule has 0 amide bonds. The van der Waals surface area contributed by atoms with E-state index in [9.17, 15) is 0 Å². The van der Waals surface area contributed by atoms with Crippen molar-refractivity contribution in [3.63, 3.8) is 0 Å².